The second-order valence-corrected chi connectivity index (χ2v) is 6.13. The van der Waals surface area contributed by atoms with E-state index < -0.39 is 11.9 Å². The monoisotopic (exact) mass is 312 g/mol. The Hall–Kier alpha value is -0.490. The highest BCUT2D eigenvalue weighted by molar-refractivity contribution is 9.11. The van der Waals surface area contributed by atoms with Gasteiger partial charge in [-0.05, 0) is 34.0 Å². The van der Waals surface area contributed by atoms with Gasteiger partial charge in [0.25, 0.3) is 0 Å². The zero-order valence-electron chi connectivity index (χ0n) is 8.80. The minimum atomic E-state index is -3.56. The first-order valence-electron chi connectivity index (χ1n) is 4.65. The molecule has 90 valence electrons. The molecule has 1 rings (SSSR count). The van der Waals surface area contributed by atoms with Gasteiger partial charge in [0.15, 0.2) is 0 Å². The van der Waals surface area contributed by atoms with E-state index in [1.807, 2.05) is 0 Å². The van der Waals surface area contributed by atoms with Gasteiger partial charge in [-0.1, -0.05) is 13.8 Å². The number of carbonyl (C=O) groups is 1. The summed E-state index contributed by atoms with van der Waals surface area (Å²) in [6, 6.07) is 2.69. The van der Waals surface area contributed by atoms with Gasteiger partial charge in [-0.2, -0.15) is 8.78 Å². The van der Waals surface area contributed by atoms with E-state index in [0.29, 0.717) is 3.79 Å². The van der Waals surface area contributed by atoms with Gasteiger partial charge >= 0.3 is 11.9 Å². The smallest absolute Gasteiger partial charge is 0.382 e. The quantitative estimate of drug-likeness (QED) is 0.790. The molecule has 0 fully saturated rings. The Bertz CT molecular complexity index is 377. The van der Waals surface area contributed by atoms with E-state index >= 15 is 0 Å². The van der Waals surface area contributed by atoms with Crippen LogP contribution in [-0.2, 0) is 15.5 Å². The number of alkyl halides is 2. The van der Waals surface area contributed by atoms with Crippen molar-refractivity contribution >= 4 is 33.2 Å². The van der Waals surface area contributed by atoms with Gasteiger partial charge in [0.2, 0.25) is 0 Å². The summed E-state index contributed by atoms with van der Waals surface area (Å²) in [4.78, 5) is 10.9. The van der Waals surface area contributed by atoms with Crippen molar-refractivity contribution in [3.63, 3.8) is 0 Å². The van der Waals surface area contributed by atoms with Crippen molar-refractivity contribution in [2.75, 3.05) is 6.61 Å². The van der Waals surface area contributed by atoms with E-state index in [1.54, 1.807) is 13.8 Å². The normalized spacial score (nSPS) is 11.9. The van der Waals surface area contributed by atoms with Gasteiger partial charge in [-0.15, -0.1) is 11.3 Å². The maximum absolute atomic E-state index is 13.5. The molecule has 2 nitrogen and oxygen atoms in total. The van der Waals surface area contributed by atoms with Crippen molar-refractivity contribution < 1.29 is 18.3 Å². The van der Waals surface area contributed by atoms with Gasteiger partial charge in [0.05, 0.1) is 15.3 Å². The minimum absolute atomic E-state index is 0.000961. The topological polar surface area (TPSA) is 26.3 Å². The van der Waals surface area contributed by atoms with Crippen LogP contribution in [0.3, 0.4) is 0 Å². The standard InChI is InChI=1S/C10H11BrF2O2S/c1-6(2)5-15-9(14)10(12,13)7-3-4-8(11)16-7/h3-4,6H,5H2,1-2H3. The third-order valence-electron chi connectivity index (χ3n) is 1.69. The van der Waals surface area contributed by atoms with Gasteiger partial charge in [-0.3, -0.25) is 0 Å². The van der Waals surface area contributed by atoms with E-state index in [1.165, 1.54) is 12.1 Å². The fourth-order valence-corrected chi connectivity index (χ4v) is 2.27. The maximum atomic E-state index is 13.5. The Balaban J connectivity index is 2.73. The predicted octanol–water partition coefficient (Wildman–Crippen LogP) is 3.80. The molecule has 0 radical (unpaired) electrons. The number of hydrogen-bond acceptors (Lipinski definition) is 3. The molecule has 6 heteroatoms. The lowest BCUT2D eigenvalue weighted by molar-refractivity contribution is -0.174. The predicted molar refractivity (Wildman–Crippen MR) is 61.7 cm³/mol. The largest absolute Gasteiger partial charge is 0.461 e. The number of thiophene rings is 1. The Morgan fingerprint density at radius 2 is 2.19 bits per heavy atom. The second kappa shape index (κ2) is 5.23. The maximum Gasteiger partial charge on any atom is 0.382 e. The zero-order valence-corrected chi connectivity index (χ0v) is 11.2. The van der Waals surface area contributed by atoms with Crippen LogP contribution in [0.2, 0.25) is 0 Å². The molecule has 0 amide bonds. The van der Waals surface area contributed by atoms with Crippen LogP contribution in [0.5, 0.6) is 0 Å². The molecule has 0 bridgehead atoms. The summed E-state index contributed by atoms with van der Waals surface area (Å²) in [5.74, 6) is -5.02. The van der Waals surface area contributed by atoms with E-state index in [0.717, 1.165) is 11.3 Å². The first-order chi connectivity index (χ1) is 7.34. The molecule has 0 N–H and O–H groups in total. The molecule has 1 aromatic rings. The first-order valence-corrected chi connectivity index (χ1v) is 6.26. The van der Waals surface area contributed by atoms with Crippen molar-refractivity contribution in [2.45, 2.75) is 19.8 Å². The molecular weight excluding hydrogens is 302 g/mol. The summed E-state index contributed by atoms with van der Waals surface area (Å²) >= 11 is 3.89. The molecule has 16 heavy (non-hydrogen) atoms. The third kappa shape index (κ3) is 3.25. The number of halogens is 3. The summed E-state index contributed by atoms with van der Waals surface area (Å²) in [5, 5.41) is 0. The molecule has 1 heterocycles. The third-order valence-corrected chi connectivity index (χ3v) is 3.38. The van der Waals surface area contributed by atoms with Crippen LogP contribution in [0.25, 0.3) is 0 Å². The van der Waals surface area contributed by atoms with Gasteiger partial charge < -0.3 is 4.74 Å². The van der Waals surface area contributed by atoms with Crippen molar-refractivity contribution in [3.05, 3.63) is 20.8 Å². The average Bonchev–Trinajstić information content (AvgIpc) is 2.61. The van der Waals surface area contributed by atoms with Crippen LogP contribution in [0.1, 0.15) is 18.7 Å². The average molecular weight is 313 g/mol. The van der Waals surface area contributed by atoms with Crippen LogP contribution < -0.4 is 0 Å². The lowest BCUT2D eigenvalue weighted by Crippen LogP contribution is -2.28. The summed E-state index contributed by atoms with van der Waals surface area (Å²) in [5.41, 5.74) is 0. The fourth-order valence-electron chi connectivity index (χ4n) is 0.917. The first kappa shape index (κ1) is 13.6. The summed E-state index contributed by atoms with van der Waals surface area (Å²) in [6.07, 6.45) is 0. The van der Waals surface area contributed by atoms with Crippen LogP contribution in [0.4, 0.5) is 8.78 Å². The van der Waals surface area contributed by atoms with Gasteiger partial charge in [-0.25, -0.2) is 4.79 Å². The van der Waals surface area contributed by atoms with Crippen LogP contribution in [-0.4, -0.2) is 12.6 Å². The van der Waals surface area contributed by atoms with Crippen molar-refractivity contribution in [3.8, 4) is 0 Å². The Morgan fingerprint density at radius 1 is 1.56 bits per heavy atom. The molecule has 0 aliphatic rings. The van der Waals surface area contributed by atoms with Crippen molar-refractivity contribution in [1.29, 1.82) is 0 Å². The highest BCUT2D eigenvalue weighted by Gasteiger charge is 2.44. The minimum Gasteiger partial charge on any atom is -0.461 e. The molecule has 0 aliphatic heterocycles. The number of carbonyl (C=O) groups excluding carboxylic acids is 1. The van der Waals surface area contributed by atoms with Gasteiger partial charge in [0, 0.05) is 0 Å². The van der Waals surface area contributed by atoms with Crippen LogP contribution >= 0.6 is 27.3 Å². The number of esters is 1. The highest BCUT2D eigenvalue weighted by Crippen LogP contribution is 2.36. The number of rotatable bonds is 4. The van der Waals surface area contributed by atoms with Crippen molar-refractivity contribution in [2.24, 2.45) is 5.92 Å². The summed E-state index contributed by atoms with van der Waals surface area (Å²) in [6.45, 7) is 3.57. The summed E-state index contributed by atoms with van der Waals surface area (Å²) in [7, 11) is 0. The lowest BCUT2D eigenvalue weighted by Gasteiger charge is -2.14. The molecular formula is C10H11BrF2O2S. The van der Waals surface area contributed by atoms with E-state index in [2.05, 4.69) is 20.7 Å². The van der Waals surface area contributed by atoms with E-state index in [-0.39, 0.29) is 17.4 Å². The van der Waals surface area contributed by atoms with E-state index in [9.17, 15) is 13.6 Å². The molecule has 0 spiro atoms. The van der Waals surface area contributed by atoms with E-state index in [4.69, 9.17) is 0 Å². The molecule has 0 unspecified atom stereocenters. The van der Waals surface area contributed by atoms with Crippen molar-refractivity contribution in [1.82, 2.24) is 0 Å². The van der Waals surface area contributed by atoms with Crippen LogP contribution in [0, 0.1) is 5.92 Å². The number of hydrogen-bond donors (Lipinski definition) is 0. The Labute approximate surface area is 105 Å². The highest BCUT2D eigenvalue weighted by atomic mass is 79.9. The molecule has 1 aromatic heterocycles. The number of ether oxygens (including phenoxy) is 1. The molecule has 0 saturated heterocycles. The second-order valence-electron chi connectivity index (χ2n) is 3.67. The molecule has 0 atom stereocenters. The summed E-state index contributed by atoms with van der Waals surface area (Å²) < 4.78 is 32.1. The molecule has 0 aromatic carbocycles. The Morgan fingerprint density at radius 3 is 2.62 bits per heavy atom. The Kier molecular flexibility index (Phi) is 4.43. The lowest BCUT2D eigenvalue weighted by atomic mass is 10.2. The zero-order chi connectivity index (χ0) is 12.3. The molecule has 0 aliphatic carbocycles. The molecule has 0 saturated carbocycles. The van der Waals surface area contributed by atoms with Crippen LogP contribution in [0.15, 0.2) is 15.9 Å². The SMILES string of the molecule is CC(C)COC(=O)C(F)(F)c1ccc(Br)s1. The van der Waals surface area contributed by atoms with Gasteiger partial charge in [0.1, 0.15) is 0 Å². The fraction of sp³-hybridized carbons (Fsp3) is 0.500.